The van der Waals surface area contributed by atoms with Crippen molar-refractivity contribution in [3.63, 3.8) is 0 Å². The molecule has 1 N–H and O–H groups in total. The number of benzene rings is 1. The Labute approximate surface area is 128 Å². The minimum absolute atomic E-state index is 0.769. The highest BCUT2D eigenvalue weighted by molar-refractivity contribution is 9.10. The fraction of sp³-hybridized carbons (Fsp3) is 0.400. The van der Waals surface area contributed by atoms with Crippen LogP contribution < -0.4 is 10.1 Å². The number of aromatic nitrogens is 2. The van der Waals surface area contributed by atoms with Crippen LogP contribution in [0.3, 0.4) is 0 Å². The Kier molecular flexibility index (Phi) is 5.61. The van der Waals surface area contributed by atoms with Gasteiger partial charge in [0.1, 0.15) is 5.75 Å². The van der Waals surface area contributed by atoms with Gasteiger partial charge in [-0.2, -0.15) is 5.10 Å². The molecule has 0 unspecified atom stereocenters. The van der Waals surface area contributed by atoms with Crippen molar-refractivity contribution >= 4 is 15.9 Å². The lowest BCUT2D eigenvalue weighted by molar-refractivity contribution is 0.471. The Balaban J connectivity index is 2.12. The first-order valence-corrected chi connectivity index (χ1v) is 7.71. The second-order valence-electron chi connectivity index (χ2n) is 4.56. The molecule has 0 bridgehead atoms. The van der Waals surface area contributed by atoms with E-state index in [-0.39, 0.29) is 0 Å². The van der Waals surface area contributed by atoms with Gasteiger partial charge in [-0.15, -0.1) is 0 Å². The molecule has 1 aromatic heterocycles. The van der Waals surface area contributed by atoms with Gasteiger partial charge in [-0.25, -0.2) is 0 Å². The molecule has 0 aliphatic heterocycles. The first-order valence-electron chi connectivity index (χ1n) is 6.92. The number of rotatable bonds is 7. The molecule has 1 heterocycles. The third-order valence-electron chi connectivity index (χ3n) is 2.93. The summed E-state index contributed by atoms with van der Waals surface area (Å²) in [7, 11) is 0. The Bertz CT molecular complexity index is 554. The molecule has 0 saturated carbocycles. The van der Waals surface area contributed by atoms with Gasteiger partial charge in [-0.3, -0.25) is 4.68 Å². The number of ether oxygens (including phenoxy) is 1. The fourth-order valence-corrected chi connectivity index (χ4v) is 2.29. The Morgan fingerprint density at radius 1 is 1.35 bits per heavy atom. The normalized spacial score (nSPS) is 10.8. The van der Waals surface area contributed by atoms with Crippen LogP contribution in [0.4, 0.5) is 0 Å². The van der Waals surface area contributed by atoms with Gasteiger partial charge in [0.2, 0.25) is 0 Å². The van der Waals surface area contributed by atoms with Crippen LogP contribution in [0.2, 0.25) is 0 Å². The van der Waals surface area contributed by atoms with E-state index in [1.54, 1.807) is 6.20 Å². The zero-order chi connectivity index (χ0) is 14.4. The SMILES string of the molecule is CCCNCc1cc(Br)ccc1Oc1cnn(CC)c1. The standard InChI is InChI=1S/C15H20BrN3O/c1-3-7-17-9-12-8-13(16)5-6-15(12)20-14-10-18-19(4-2)11-14/h5-6,8,10-11,17H,3-4,7,9H2,1-2H3. The molecule has 108 valence electrons. The van der Waals surface area contributed by atoms with Crippen molar-refractivity contribution in [2.24, 2.45) is 0 Å². The quantitative estimate of drug-likeness (QED) is 0.777. The van der Waals surface area contributed by atoms with Crippen molar-refractivity contribution in [2.45, 2.75) is 33.4 Å². The Hall–Kier alpha value is -1.33. The summed E-state index contributed by atoms with van der Waals surface area (Å²) in [5.74, 6) is 1.64. The number of nitrogens with one attached hydrogen (secondary N) is 1. The highest BCUT2D eigenvalue weighted by Crippen LogP contribution is 2.27. The molecule has 2 rings (SSSR count). The zero-order valence-corrected chi connectivity index (χ0v) is 13.5. The number of aryl methyl sites for hydroxylation is 1. The summed E-state index contributed by atoms with van der Waals surface area (Å²) in [6.07, 6.45) is 4.77. The number of hydrogen-bond donors (Lipinski definition) is 1. The molecule has 1 aromatic carbocycles. The van der Waals surface area contributed by atoms with Crippen LogP contribution in [0.25, 0.3) is 0 Å². The lowest BCUT2D eigenvalue weighted by Gasteiger charge is -2.11. The van der Waals surface area contributed by atoms with Gasteiger partial charge in [0.15, 0.2) is 5.75 Å². The molecule has 0 amide bonds. The van der Waals surface area contributed by atoms with Crippen LogP contribution in [0.15, 0.2) is 35.1 Å². The van der Waals surface area contributed by atoms with E-state index in [9.17, 15) is 0 Å². The van der Waals surface area contributed by atoms with Gasteiger partial charge in [-0.1, -0.05) is 22.9 Å². The first-order chi connectivity index (χ1) is 9.72. The Morgan fingerprint density at radius 2 is 2.20 bits per heavy atom. The van der Waals surface area contributed by atoms with E-state index in [1.807, 2.05) is 23.0 Å². The van der Waals surface area contributed by atoms with E-state index >= 15 is 0 Å². The molecule has 0 spiro atoms. The topological polar surface area (TPSA) is 39.1 Å². The zero-order valence-electron chi connectivity index (χ0n) is 11.9. The van der Waals surface area contributed by atoms with Crippen LogP contribution in [0.5, 0.6) is 11.5 Å². The van der Waals surface area contributed by atoms with Gasteiger partial charge < -0.3 is 10.1 Å². The van der Waals surface area contributed by atoms with Gasteiger partial charge in [0.25, 0.3) is 0 Å². The second kappa shape index (κ2) is 7.45. The summed E-state index contributed by atoms with van der Waals surface area (Å²) in [6, 6.07) is 6.06. The van der Waals surface area contributed by atoms with Crippen LogP contribution in [0.1, 0.15) is 25.8 Å². The smallest absolute Gasteiger partial charge is 0.165 e. The summed E-state index contributed by atoms with van der Waals surface area (Å²) < 4.78 is 8.84. The van der Waals surface area contributed by atoms with E-state index in [1.165, 1.54) is 0 Å². The Morgan fingerprint density at radius 3 is 2.90 bits per heavy atom. The molecule has 5 heteroatoms. The average Bonchev–Trinajstić information content (AvgIpc) is 2.90. The summed E-state index contributed by atoms with van der Waals surface area (Å²) in [5.41, 5.74) is 1.14. The molecule has 0 radical (unpaired) electrons. The molecule has 0 fully saturated rings. The third kappa shape index (κ3) is 4.08. The van der Waals surface area contributed by atoms with Crippen molar-refractivity contribution in [1.29, 1.82) is 0 Å². The highest BCUT2D eigenvalue weighted by atomic mass is 79.9. The van der Waals surface area contributed by atoms with Crippen molar-refractivity contribution < 1.29 is 4.74 Å². The predicted octanol–water partition coefficient (Wildman–Crippen LogP) is 3.96. The van der Waals surface area contributed by atoms with E-state index in [0.29, 0.717) is 0 Å². The molecule has 0 aliphatic carbocycles. The lowest BCUT2D eigenvalue weighted by Crippen LogP contribution is -2.14. The van der Waals surface area contributed by atoms with E-state index in [4.69, 9.17) is 4.74 Å². The summed E-state index contributed by atoms with van der Waals surface area (Å²) in [6.45, 7) is 6.85. The maximum atomic E-state index is 5.93. The summed E-state index contributed by atoms with van der Waals surface area (Å²) >= 11 is 3.51. The second-order valence-corrected chi connectivity index (χ2v) is 5.48. The van der Waals surface area contributed by atoms with Crippen LogP contribution in [0, 0.1) is 0 Å². The van der Waals surface area contributed by atoms with Gasteiger partial charge >= 0.3 is 0 Å². The maximum absolute atomic E-state index is 5.93. The molecule has 4 nitrogen and oxygen atoms in total. The first kappa shape index (κ1) is 15.1. The van der Waals surface area contributed by atoms with Crippen LogP contribution in [-0.2, 0) is 13.1 Å². The van der Waals surface area contributed by atoms with Crippen molar-refractivity contribution in [1.82, 2.24) is 15.1 Å². The molecular formula is C15H20BrN3O. The molecule has 0 saturated heterocycles. The molecular weight excluding hydrogens is 318 g/mol. The largest absolute Gasteiger partial charge is 0.454 e. The summed E-state index contributed by atoms with van der Waals surface area (Å²) in [4.78, 5) is 0. The van der Waals surface area contributed by atoms with Gasteiger partial charge in [0, 0.05) is 23.1 Å². The number of hydrogen-bond acceptors (Lipinski definition) is 3. The lowest BCUT2D eigenvalue weighted by atomic mass is 10.2. The maximum Gasteiger partial charge on any atom is 0.165 e. The molecule has 0 atom stereocenters. The monoisotopic (exact) mass is 337 g/mol. The van der Waals surface area contributed by atoms with E-state index in [0.717, 1.165) is 47.6 Å². The molecule has 20 heavy (non-hydrogen) atoms. The minimum atomic E-state index is 0.769. The van der Waals surface area contributed by atoms with Gasteiger partial charge in [0.05, 0.1) is 12.4 Å². The number of halogens is 1. The van der Waals surface area contributed by atoms with E-state index < -0.39 is 0 Å². The van der Waals surface area contributed by atoms with E-state index in [2.05, 4.69) is 46.3 Å². The summed E-state index contributed by atoms with van der Waals surface area (Å²) in [5, 5.41) is 7.62. The van der Waals surface area contributed by atoms with Crippen LogP contribution in [-0.4, -0.2) is 16.3 Å². The van der Waals surface area contributed by atoms with Gasteiger partial charge in [-0.05, 0) is 38.1 Å². The van der Waals surface area contributed by atoms with Crippen molar-refractivity contribution in [3.8, 4) is 11.5 Å². The fourth-order valence-electron chi connectivity index (χ4n) is 1.88. The van der Waals surface area contributed by atoms with Crippen LogP contribution >= 0.6 is 15.9 Å². The van der Waals surface area contributed by atoms with Crippen molar-refractivity contribution in [2.75, 3.05) is 6.54 Å². The third-order valence-corrected chi connectivity index (χ3v) is 3.42. The predicted molar refractivity (Wildman–Crippen MR) is 84.1 cm³/mol. The minimum Gasteiger partial charge on any atom is -0.454 e. The van der Waals surface area contributed by atoms with Crippen molar-refractivity contribution in [3.05, 3.63) is 40.6 Å². The molecule has 0 aliphatic rings. The number of nitrogens with zero attached hydrogens (tertiary/aromatic N) is 2. The molecule has 2 aromatic rings. The average molecular weight is 338 g/mol. The highest BCUT2D eigenvalue weighted by Gasteiger charge is 2.07.